The lowest BCUT2D eigenvalue weighted by atomic mass is 9.78. The van der Waals surface area contributed by atoms with Gasteiger partial charge >= 0.3 is 0 Å². The van der Waals surface area contributed by atoms with Crippen LogP contribution in [0.15, 0.2) is 60.7 Å². The molecular formula is C33H37F3. The van der Waals surface area contributed by atoms with Gasteiger partial charge in [0, 0.05) is 5.56 Å². The van der Waals surface area contributed by atoms with Crippen molar-refractivity contribution in [3.63, 3.8) is 0 Å². The quantitative estimate of drug-likeness (QED) is 0.280. The minimum atomic E-state index is -0.748. The highest BCUT2D eigenvalue weighted by Crippen LogP contribution is 2.39. The van der Waals surface area contributed by atoms with Crippen LogP contribution in [0.25, 0.3) is 17.2 Å². The topological polar surface area (TPSA) is 0 Å². The van der Waals surface area contributed by atoms with Crippen LogP contribution in [-0.4, -0.2) is 0 Å². The summed E-state index contributed by atoms with van der Waals surface area (Å²) in [5.41, 5.74) is 4.39. The maximum absolute atomic E-state index is 15.1. The molecule has 0 N–H and O–H groups in total. The Labute approximate surface area is 214 Å². The van der Waals surface area contributed by atoms with Gasteiger partial charge in [0.1, 0.15) is 5.82 Å². The predicted molar refractivity (Wildman–Crippen MR) is 145 cm³/mol. The Morgan fingerprint density at radius 2 is 1.53 bits per heavy atom. The summed E-state index contributed by atoms with van der Waals surface area (Å²) in [6.07, 6.45) is 12.5. The zero-order valence-corrected chi connectivity index (χ0v) is 21.5. The van der Waals surface area contributed by atoms with Gasteiger partial charge in [-0.25, -0.2) is 13.2 Å². The number of hydrogen-bond acceptors (Lipinski definition) is 0. The van der Waals surface area contributed by atoms with E-state index in [1.165, 1.54) is 5.56 Å². The highest BCUT2D eigenvalue weighted by atomic mass is 19.2. The van der Waals surface area contributed by atoms with Gasteiger partial charge in [0.05, 0.1) is 0 Å². The minimum Gasteiger partial charge on any atom is -0.207 e. The molecule has 0 saturated heterocycles. The Morgan fingerprint density at radius 1 is 0.778 bits per heavy atom. The molecule has 0 aromatic heterocycles. The molecule has 3 aromatic carbocycles. The van der Waals surface area contributed by atoms with Crippen LogP contribution in [0.2, 0.25) is 0 Å². The van der Waals surface area contributed by atoms with E-state index < -0.39 is 11.6 Å². The monoisotopic (exact) mass is 490 g/mol. The predicted octanol–water partition coefficient (Wildman–Crippen LogP) is 10.1. The third kappa shape index (κ3) is 6.30. The molecule has 3 aromatic rings. The molecule has 0 nitrogen and oxygen atoms in total. The molecule has 0 radical (unpaired) electrons. The van der Waals surface area contributed by atoms with E-state index in [-0.39, 0.29) is 11.7 Å². The molecule has 0 spiro atoms. The fourth-order valence-electron chi connectivity index (χ4n) is 5.35. The molecule has 3 heteroatoms. The lowest BCUT2D eigenvalue weighted by Gasteiger charge is -2.27. The largest absolute Gasteiger partial charge is 0.207 e. The summed E-state index contributed by atoms with van der Waals surface area (Å²) in [6.45, 7) is 4.23. The molecule has 1 saturated carbocycles. The fourth-order valence-corrected chi connectivity index (χ4v) is 5.35. The third-order valence-corrected chi connectivity index (χ3v) is 7.57. The van der Waals surface area contributed by atoms with E-state index in [1.54, 1.807) is 18.2 Å². The molecule has 4 rings (SSSR count). The SMILES string of the molecule is CCCCc1ccc(C=CC2CCC(c3ccc(-c4ccc(CCC)cc4)c(F)c3F)CC2)cc1F. The van der Waals surface area contributed by atoms with Crippen molar-refractivity contribution in [1.82, 2.24) is 0 Å². The van der Waals surface area contributed by atoms with Crippen molar-refractivity contribution in [3.8, 4) is 11.1 Å². The Kier molecular flexibility index (Phi) is 9.07. The van der Waals surface area contributed by atoms with Crippen molar-refractivity contribution in [2.45, 2.75) is 77.6 Å². The van der Waals surface area contributed by atoms with Crippen LogP contribution < -0.4 is 0 Å². The van der Waals surface area contributed by atoms with Crippen molar-refractivity contribution in [2.24, 2.45) is 5.92 Å². The molecule has 1 aliphatic carbocycles. The lowest BCUT2D eigenvalue weighted by Crippen LogP contribution is -2.13. The number of aryl methyl sites for hydroxylation is 2. The molecule has 1 fully saturated rings. The molecule has 0 atom stereocenters. The van der Waals surface area contributed by atoms with Gasteiger partial charge in [-0.2, -0.15) is 0 Å². The second kappa shape index (κ2) is 12.4. The second-order valence-corrected chi connectivity index (χ2v) is 10.2. The van der Waals surface area contributed by atoms with Gasteiger partial charge < -0.3 is 0 Å². The number of unbranched alkanes of at least 4 members (excludes halogenated alkanes) is 1. The number of halogens is 3. The minimum absolute atomic E-state index is 0.0282. The average molecular weight is 491 g/mol. The van der Waals surface area contributed by atoms with E-state index in [4.69, 9.17) is 0 Å². The summed E-state index contributed by atoms with van der Waals surface area (Å²) in [5.74, 6) is -1.18. The first kappa shape index (κ1) is 26.3. The Bertz CT molecular complexity index is 1170. The maximum Gasteiger partial charge on any atom is 0.166 e. The third-order valence-electron chi connectivity index (χ3n) is 7.57. The summed E-state index contributed by atoms with van der Waals surface area (Å²) in [7, 11) is 0. The standard InChI is InChI=1S/C33H37F3/c1-3-5-7-28-19-14-25(22-31(28)34)9-8-24-12-17-27(18-13-24)30-21-20-29(32(35)33(30)36)26-15-10-23(6-4-2)11-16-26/h8-11,14-16,19-22,24,27H,3-7,12-13,17-18H2,1-2H3. The molecule has 36 heavy (non-hydrogen) atoms. The second-order valence-electron chi connectivity index (χ2n) is 10.2. The summed E-state index contributed by atoms with van der Waals surface area (Å²) >= 11 is 0. The van der Waals surface area contributed by atoms with Crippen LogP contribution in [0.1, 0.15) is 87.0 Å². The summed E-state index contributed by atoms with van der Waals surface area (Å²) in [6, 6.07) is 16.7. The van der Waals surface area contributed by atoms with E-state index >= 15 is 8.78 Å². The first-order valence-corrected chi connectivity index (χ1v) is 13.5. The van der Waals surface area contributed by atoms with E-state index in [0.29, 0.717) is 22.6 Å². The molecule has 1 aliphatic rings. The van der Waals surface area contributed by atoms with Crippen LogP contribution >= 0.6 is 0 Å². The van der Waals surface area contributed by atoms with Gasteiger partial charge in [0.25, 0.3) is 0 Å². The summed E-state index contributed by atoms with van der Waals surface area (Å²) < 4.78 is 44.5. The number of allylic oxidation sites excluding steroid dienone is 1. The normalized spacial score (nSPS) is 18.1. The van der Waals surface area contributed by atoms with Crippen molar-refractivity contribution >= 4 is 6.08 Å². The van der Waals surface area contributed by atoms with Crippen molar-refractivity contribution in [3.05, 3.63) is 100 Å². The number of hydrogen-bond donors (Lipinski definition) is 0. The van der Waals surface area contributed by atoms with Crippen molar-refractivity contribution in [2.75, 3.05) is 0 Å². The lowest BCUT2D eigenvalue weighted by molar-refractivity contribution is 0.365. The highest BCUT2D eigenvalue weighted by Gasteiger charge is 2.25. The zero-order chi connectivity index (χ0) is 25.5. The summed E-state index contributed by atoms with van der Waals surface area (Å²) in [5, 5.41) is 0. The Hall–Kier alpha value is -2.81. The molecule has 190 valence electrons. The van der Waals surface area contributed by atoms with Gasteiger partial charge in [-0.1, -0.05) is 87.4 Å². The molecular weight excluding hydrogens is 453 g/mol. The number of benzene rings is 3. The fraction of sp³-hybridized carbons (Fsp3) is 0.394. The van der Waals surface area contributed by atoms with Crippen LogP contribution in [0.3, 0.4) is 0 Å². The van der Waals surface area contributed by atoms with E-state index in [2.05, 4.69) is 19.9 Å². The van der Waals surface area contributed by atoms with Gasteiger partial charge in [-0.05, 0) is 90.7 Å². The van der Waals surface area contributed by atoms with Gasteiger partial charge in [0.2, 0.25) is 0 Å². The van der Waals surface area contributed by atoms with Crippen molar-refractivity contribution in [1.29, 1.82) is 0 Å². The van der Waals surface area contributed by atoms with Gasteiger partial charge in [-0.15, -0.1) is 0 Å². The molecule has 0 bridgehead atoms. The first-order chi connectivity index (χ1) is 17.5. The highest BCUT2D eigenvalue weighted by molar-refractivity contribution is 5.65. The van der Waals surface area contributed by atoms with E-state index in [1.807, 2.05) is 42.5 Å². The van der Waals surface area contributed by atoms with Crippen LogP contribution in [0.5, 0.6) is 0 Å². The van der Waals surface area contributed by atoms with E-state index in [0.717, 1.165) is 68.9 Å². The molecule has 0 heterocycles. The molecule has 0 aliphatic heterocycles. The van der Waals surface area contributed by atoms with Crippen LogP contribution in [-0.2, 0) is 12.8 Å². The number of rotatable bonds is 9. The van der Waals surface area contributed by atoms with E-state index in [9.17, 15) is 4.39 Å². The summed E-state index contributed by atoms with van der Waals surface area (Å²) in [4.78, 5) is 0. The zero-order valence-electron chi connectivity index (χ0n) is 21.5. The molecule has 0 unspecified atom stereocenters. The van der Waals surface area contributed by atoms with Gasteiger partial charge in [0.15, 0.2) is 11.6 Å². The maximum atomic E-state index is 15.1. The first-order valence-electron chi connectivity index (χ1n) is 13.5. The average Bonchev–Trinajstić information content (AvgIpc) is 2.90. The van der Waals surface area contributed by atoms with Crippen molar-refractivity contribution < 1.29 is 13.2 Å². The smallest absolute Gasteiger partial charge is 0.166 e. The Balaban J connectivity index is 1.38. The Morgan fingerprint density at radius 3 is 2.19 bits per heavy atom. The molecule has 0 amide bonds. The van der Waals surface area contributed by atoms with Gasteiger partial charge in [-0.3, -0.25) is 0 Å². The van der Waals surface area contributed by atoms with Crippen LogP contribution in [0, 0.1) is 23.4 Å². The van der Waals surface area contributed by atoms with Crippen LogP contribution in [0.4, 0.5) is 13.2 Å².